The number of rotatable bonds is 13. The second kappa shape index (κ2) is 13.1. The fourth-order valence-corrected chi connectivity index (χ4v) is 3.33. The maximum atomic E-state index is 11.7. The van der Waals surface area contributed by atoms with E-state index >= 15 is 0 Å². The molecule has 2 rings (SSSR count). The Balaban J connectivity index is 2.04. The highest BCUT2D eigenvalue weighted by atomic mass is 16.7. The van der Waals surface area contributed by atoms with Gasteiger partial charge in [0.1, 0.15) is 19.0 Å². The van der Waals surface area contributed by atoms with Crippen molar-refractivity contribution >= 4 is 5.97 Å². The van der Waals surface area contributed by atoms with E-state index in [0.29, 0.717) is 19.6 Å². The molecule has 1 N–H and O–H groups in total. The standard InChI is InChI=1S/C24H32O6/c1-18(24(29-17-27-3)23(26)21-12-8-5-9-13-21)22(30-19(2)25)14-15-28-16-20-10-6-4-7-11-20/h4-13,18,22-24,26H,14-17H2,1-3H3/t18-,22-,23+,24+/m0/s1. The van der Waals surface area contributed by atoms with Gasteiger partial charge in [0.05, 0.1) is 19.3 Å². The molecular formula is C24H32O6. The van der Waals surface area contributed by atoms with Crippen LogP contribution in [0.4, 0.5) is 0 Å². The van der Waals surface area contributed by atoms with Crippen LogP contribution in [0.1, 0.15) is 37.5 Å². The van der Waals surface area contributed by atoms with Crippen LogP contribution in [0.3, 0.4) is 0 Å². The number of ether oxygens (including phenoxy) is 4. The fourth-order valence-electron chi connectivity index (χ4n) is 3.33. The van der Waals surface area contributed by atoms with Crippen molar-refractivity contribution < 1.29 is 28.8 Å². The molecule has 0 amide bonds. The van der Waals surface area contributed by atoms with Crippen LogP contribution >= 0.6 is 0 Å². The molecule has 6 heteroatoms. The zero-order valence-corrected chi connectivity index (χ0v) is 17.9. The predicted molar refractivity (Wildman–Crippen MR) is 114 cm³/mol. The van der Waals surface area contributed by atoms with Crippen LogP contribution in [0.2, 0.25) is 0 Å². The highest BCUT2D eigenvalue weighted by Crippen LogP contribution is 2.29. The molecule has 0 heterocycles. The molecule has 0 bridgehead atoms. The average molecular weight is 417 g/mol. The van der Waals surface area contributed by atoms with E-state index in [1.54, 1.807) is 0 Å². The summed E-state index contributed by atoms with van der Waals surface area (Å²) in [4.78, 5) is 11.7. The van der Waals surface area contributed by atoms with Crippen LogP contribution in [-0.2, 0) is 30.3 Å². The molecule has 0 aliphatic rings. The van der Waals surface area contributed by atoms with Crippen LogP contribution < -0.4 is 0 Å². The molecule has 2 aromatic rings. The van der Waals surface area contributed by atoms with Gasteiger partial charge >= 0.3 is 5.97 Å². The van der Waals surface area contributed by atoms with Gasteiger partial charge in [-0.25, -0.2) is 0 Å². The third kappa shape index (κ3) is 7.88. The Morgan fingerprint density at radius 2 is 1.67 bits per heavy atom. The van der Waals surface area contributed by atoms with Crippen LogP contribution in [0, 0.1) is 5.92 Å². The van der Waals surface area contributed by atoms with Gasteiger partial charge in [-0.1, -0.05) is 67.6 Å². The first-order valence-corrected chi connectivity index (χ1v) is 10.1. The maximum absolute atomic E-state index is 11.7. The summed E-state index contributed by atoms with van der Waals surface area (Å²) in [6.07, 6.45) is -1.49. The van der Waals surface area contributed by atoms with E-state index in [9.17, 15) is 9.90 Å². The minimum absolute atomic E-state index is 0.0240. The second-order valence-corrected chi connectivity index (χ2v) is 7.23. The highest BCUT2D eigenvalue weighted by Gasteiger charge is 2.34. The molecule has 0 fully saturated rings. The molecule has 0 unspecified atom stereocenters. The van der Waals surface area contributed by atoms with Gasteiger partial charge in [0.2, 0.25) is 0 Å². The normalized spacial score (nSPS) is 15.2. The molecule has 30 heavy (non-hydrogen) atoms. The molecule has 0 saturated carbocycles. The summed E-state index contributed by atoms with van der Waals surface area (Å²) in [7, 11) is 1.53. The number of esters is 1. The first-order chi connectivity index (χ1) is 14.5. The maximum Gasteiger partial charge on any atom is 0.302 e. The Labute approximate surface area is 178 Å². The van der Waals surface area contributed by atoms with Crippen molar-refractivity contribution in [2.24, 2.45) is 5.92 Å². The van der Waals surface area contributed by atoms with Gasteiger partial charge in [0.15, 0.2) is 0 Å². The number of benzene rings is 2. The molecule has 0 aliphatic heterocycles. The highest BCUT2D eigenvalue weighted by molar-refractivity contribution is 5.66. The third-order valence-corrected chi connectivity index (χ3v) is 4.91. The predicted octanol–water partition coefficient (Wildman–Crippen LogP) is 3.88. The zero-order valence-electron chi connectivity index (χ0n) is 17.9. The summed E-state index contributed by atoms with van der Waals surface area (Å²) in [5.74, 6) is -0.672. The van der Waals surface area contributed by atoms with Crippen LogP contribution in [0.5, 0.6) is 0 Å². The monoisotopic (exact) mass is 416 g/mol. The Hall–Kier alpha value is -2.25. The molecule has 0 saturated heterocycles. The number of aliphatic hydroxyl groups excluding tert-OH is 1. The van der Waals surface area contributed by atoms with E-state index in [-0.39, 0.29) is 18.7 Å². The van der Waals surface area contributed by atoms with Gasteiger partial charge in [-0.3, -0.25) is 4.79 Å². The van der Waals surface area contributed by atoms with Crippen molar-refractivity contribution in [3.63, 3.8) is 0 Å². The summed E-state index contributed by atoms with van der Waals surface area (Å²) in [6.45, 7) is 4.20. The molecule has 4 atom stereocenters. The molecule has 2 aromatic carbocycles. The van der Waals surface area contributed by atoms with E-state index in [1.807, 2.05) is 67.6 Å². The summed E-state index contributed by atoms with van der Waals surface area (Å²) < 4.78 is 22.2. The van der Waals surface area contributed by atoms with Gasteiger partial charge in [-0.2, -0.15) is 0 Å². The summed E-state index contributed by atoms with van der Waals surface area (Å²) >= 11 is 0. The van der Waals surface area contributed by atoms with Crippen LogP contribution in [0.25, 0.3) is 0 Å². The average Bonchev–Trinajstić information content (AvgIpc) is 2.76. The second-order valence-electron chi connectivity index (χ2n) is 7.23. The van der Waals surface area contributed by atoms with Crippen molar-refractivity contribution in [1.82, 2.24) is 0 Å². The lowest BCUT2D eigenvalue weighted by Crippen LogP contribution is -2.39. The molecule has 0 aromatic heterocycles. The Bertz CT molecular complexity index is 721. The van der Waals surface area contributed by atoms with E-state index in [1.165, 1.54) is 14.0 Å². The van der Waals surface area contributed by atoms with Gasteiger partial charge in [-0.05, 0) is 11.1 Å². The van der Waals surface area contributed by atoms with Crippen molar-refractivity contribution in [3.05, 3.63) is 71.8 Å². The number of hydrogen-bond donors (Lipinski definition) is 1. The van der Waals surface area contributed by atoms with E-state index in [2.05, 4.69) is 0 Å². The Morgan fingerprint density at radius 1 is 1.03 bits per heavy atom. The lowest BCUT2D eigenvalue weighted by atomic mass is 9.89. The molecular weight excluding hydrogens is 384 g/mol. The fraction of sp³-hybridized carbons (Fsp3) is 0.458. The Morgan fingerprint density at radius 3 is 2.27 bits per heavy atom. The molecule has 0 radical (unpaired) electrons. The first kappa shape index (κ1) is 24.0. The molecule has 0 spiro atoms. The number of carbonyl (C=O) groups is 1. The smallest absolute Gasteiger partial charge is 0.302 e. The van der Waals surface area contributed by atoms with Crippen molar-refractivity contribution in [1.29, 1.82) is 0 Å². The first-order valence-electron chi connectivity index (χ1n) is 10.1. The lowest BCUT2D eigenvalue weighted by Gasteiger charge is -2.33. The minimum atomic E-state index is -0.889. The summed E-state index contributed by atoms with van der Waals surface area (Å²) in [5, 5.41) is 10.9. The van der Waals surface area contributed by atoms with Gasteiger partial charge < -0.3 is 24.1 Å². The SMILES string of the molecule is COCO[C@H]([C@@H](C)[C@H](CCOCc1ccccc1)OC(C)=O)[C@H](O)c1ccccc1. The van der Waals surface area contributed by atoms with Crippen LogP contribution in [-0.4, -0.2) is 43.8 Å². The minimum Gasteiger partial charge on any atom is -0.462 e. The quantitative estimate of drug-likeness (QED) is 0.303. The topological polar surface area (TPSA) is 74.2 Å². The zero-order chi connectivity index (χ0) is 21.8. The van der Waals surface area contributed by atoms with Crippen molar-refractivity contribution in [2.75, 3.05) is 20.5 Å². The third-order valence-electron chi connectivity index (χ3n) is 4.91. The number of aliphatic hydroxyl groups is 1. The van der Waals surface area contributed by atoms with Gasteiger partial charge in [-0.15, -0.1) is 0 Å². The molecule has 164 valence electrons. The summed E-state index contributed by atoms with van der Waals surface area (Å²) in [6, 6.07) is 19.2. The largest absolute Gasteiger partial charge is 0.462 e. The number of methoxy groups -OCH3 is 1. The number of carbonyl (C=O) groups excluding carboxylic acids is 1. The van der Waals surface area contributed by atoms with Crippen molar-refractivity contribution in [3.8, 4) is 0 Å². The van der Waals surface area contributed by atoms with Crippen molar-refractivity contribution in [2.45, 2.75) is 45.2 Å². The lowest BCUT2D eigenvalue weighted by molar-refractivity contribution is -0.169. The van der Waals surface area contributed by atoms with Gasteiger partial charge in [0, 0.05) is 26.4 Å². The number of hydrogen-bond acceptors (Lipinski definition) is 6. The molecule has 6 nitrogen and oxygen atoms in total. The van der Waals surface area contributed by atoms with E-state index in [4.69, 9.17) is 18.9 Å². The van der Waals surface area contributed by atoms with Crippen LogP contribution in [0.15, 0.2) is 60.7 Å². The molecule has 0 aliphatic carbocycles. The summed E-state index contributed by atoms with van der Waals surface area (Å²) in [5.41, 5.74) is 1.81. The Kier molecular flexibility index (Phi) is 10.5. The van der Waals surface area contributed by atoms with Gasteiger partial charge in [0.25, 0.3) is 0 Å². The van der Waals surface area contributed by atoms with E-state index in [0.717, 1.165) is 11.1 Å². The van der Waals surface area contributed by atoms with E-state index < -0.39 is 18.3 Å².